The molecule has 0 spiro atoms. The van der Waals surface area contributed by atoms with E-state index in [1.54, 1.807) is 0 Å². The molecule has 0 aromatic rings. The number of hydrogen-bond donors (Lipinski definition) is 1. The Bertz CT molecular complexity index is 213. The van der Waals surface area contributed by atoms with Crippen LogP contribution < -0.4 is 5.32 Å². The molecule has 18 heavy (non-hydrogen) atoms. The van der Waals surface area contributed by atoms with E-state index in [2.05, 4.69) is 17.1 Å². The third-order valence-electron chi connectivity index (χ3n) is 4.48. The zero-order valence-electron chi connectivity index (χ0n) is 12.3. The standard InChI is InChI=1S/C16H32N2/c1-2-7-15-10-13-18(14-15)12-6-4-3-5-11-17-16-8-9-16/h15-17H,2-14H2,1H3. The van der Waals surface area contributed by atoms with Gasteiger partial charge in [0.05, 0.1) is 0 Å². The average molecular weight is 252 g/mol. The maximum absolute atomic E-state index is 3.60. The highest BCUT2D eigenvalue weighted by Crippen LogP contribution is 2.21. The van der Waals surface area contributed by atoms with Crippen molar-refractivity contribution in [1.29, 1.82) is 0 Å². The van der Waals surface area contributed by atoms with Gasteiger partial charge in [-0.1, -0.05) is 26.2 Å². The molecular weight excluding hydrogens is 220 g/mol. The molecule has 0 bridgehead atoms. The van der Waals surface area contributed by atoms with Crippen LogP contribution in [0.1, 0.15) is 64.7 Å². The Morgan fingerprint density at radius 3 is 2.67 bits per heavy atom. The zero-order chi connectivity index (χ0) is 12.6. The molecule has 0 radical (unpaired) electrons. The van der Waals surface area contributed by atoms with Crippen molar-refractivity contribution in [3.05, 3.63) is 0 Å². The Hall–Kier alpha value is -0.0800. The van der Waals surface area contributed by atoms with Crippen LogP contribution in [-0.4, -0.2) is 37.1 Å². The van der Waals surface area contributed by atoms with Crippen LogP contribution in [0.3, 0.4) is 0 Å². The Morgan fingerprint density at radius 2 is 1.89 bits per heavy atom. The van der Waals surface area contributed by atoms with Gasteiger partial charge >= 0.3 is 0 Å². The van der Waals surface area contributed by atoms with Gasteiger partial charge in [-0.25, -0.2) is 0 Å². The molecule has 0 aromatic carbocycles. The molecule has 2 nitrogen and oxygen atoms in total. The fraction of sp³-hybridized carbons (Fsp3) is 1.00. The van der Waals surface area contributed by atoms with E-state index in [4.69, 9.17) is 0 Å². The zero-order valence-corrected chi connectivity index (χ0v) is 12.3. The molecular formula is C16H32N2. The average Bonchev–Trinajstić information content (AvgIpc) is 3.09. The Balaban J connectivity index is 1.36. The summed E-state index contributed by atoms with van der Waals surface area (Å²) in [6.07, 6.45) is 12.8. The normalized spacial score (nSPS) is 24.8. The quantitative estimate of drug-likeness (QED) is 0.599. The van der Waals surface area contributed by atoms with Gasteiger partial charge in [0.15, 0.2) is 0 Å². The first-order chi connectivity index (χ1) is 8.88. The second kappa shape index (κ2) is 8.16. The van der Waals surface area contributed by atoms with Crippen LogP contribution in [0.2, 0.25) is 0 Å². The SMILES string of the molecule is CCCC1CCN(CCCCCCNC2CC2)C1. The lowest BCUT2D eigenvalue weighted by Gasteiger charge is -2.15. The van der Waals surface area contributed by atoms with Gasteiger partial charge in [-0.3, -0.25) is 0 Å². The number of hydrogen-bond acceptors (Lipinski definition) is 2. The summed E-state index contributed by atoms with van der Waals surface area (Å²) >= 11 is 0. The van der Waals surface area contributed by atoms with Crippen LogP contribution in [0, 0.1) is 5.92 Å². The molecule has 2 heteroatoms. The minimum atomic E-state index is 0.894. The topological polar surface area (TPSA) is 15.3 Å². The summed E-state index contributed by atoms with van der Waals surface area (Å²) < 4.78 is 0. The monoisotopic (exact) mass is 252 g/mol. The lowest BCUT2D eigenvalue weighted by molar-refractivity contribution is 0.311. The van der Waals surface area contributed by atoms with Gasteiger partial charge in [-0.2, -0.15) is 0 Å². The number of unbranched alkanes of at least 4 members (excludes halogenated alkanes) is 3. The molecule has 106 valence electrons. The lowest BCUT2D eigenvalue weighted by Crippen LogP contribution is -2.22. The third-order valence-corrected chi connectivity index (χ3v) is 4.48. The van der Waals surface area contributed by atoms with Gasteiger partial charge in [0.25, 0.3) is 0 Å². The van der Waals surface area contributed by atoms with E-state index >= 15 is 0 Å². The highest BCUT2D eigenvalue weighted by molar-refractivity contribution is 4.80. The summed E-state index contributed by atoms with van der Waals surface area (Å²) in [4.78, 5) is 2.70. The maximum Gasteiger partial charge on any atom is 0.00682 e. The van der Waals surface area contributed by atoms with Crippen LogP contribution in [0.25, 0.3) is 0 Å². The lowest BCUT2D eigenvalue weighted by atomic mass is 10.0. The highest BCUT2D eigenvalue weighted by atomic mass is 15.1. The number of nitrogens with zero attached hydrogens (tertiary/aromatic N) is 1. The van der Waals surface area contributed by atoms with Crippen molar-refractivity contribution >= 4 is 0 Å². The van der Waals surface area contributed by atoms with Crippen LogP contribution in [0.5, 0.6) is 0 Å². The summed E-state index contributed by atoms with van der Waals surface area (Å²) in [7, 11) is 0. The van der Waals surface area contributed by atoms with Crippen molar-refractivity contribution in [2.75, 3.05) is 26.2 Å². The molecule has 1 aliphatic carbocycles. The van der Waals surface area contributed by atoms with Crippen LogP contribution >= 0.6 is 0 Å². The molecule has 2 fully saturated rings. The van der Waals surface area contributed by atoms with E-state index in [9.17, 15) is 0 Å². The molecule has 1 saturated heterocycles. The summed E-state index contributed by atoms with van der Waals surface area (Å²) in [5, 5.41) is 3.60. The first kappa shape index (κ1) is 14.3. The predicted octanol–water partition coefficient (Wildman–Crippen LogP) is 3.42. The van der Waals surface area contributed by atoms with Gasteiger partial charge in [-0.05, 0) is 64.1 Å². The van der Waals surface area contributed by atoms with Crippen molar-refractivity contribution < 1.29 is 0 Å². The molecule has 1 N–H and O–H groups in total. The Labute approximate surface area is 114 Å². The molecule has 1 heterocycles. The summed E-state index contributed by atoms with van der Waals surface area (Å²) in [6.45, 7) is 7.69. The van der Waals surface area contributed by atoms with Gasteiger partial charge in [0.1, 0.15) is 0 Å². The maximum atomic E-state index is 3.60. The summed E-state index contributed by atoms with van der Waals surface area (Å²) in [6, 6.07) is 0.894. The van der Waals surface area contributed by atoms with Crippen LogP contribution in [-0.2, 0) is 0 Å². The molecule has 1 unspecified atom stereocenters. The smallest absolute Gasteiger partial charge is 0.00682 e. The molecule has 1 atom stereocenters. The molecule has 2 rings (SSSR count). The molecule has 0 aromatic heterocycles. The van der Waals surface area contributed by atoms with Gasteiger partial charge in [0.2, 0.25) is 0 Å². The molecule has 1 aliphatic heterocycles. The van der Waals surface area contributed by atoms with E-state index in [1.807, 2.05) is 0 Å². The van der Waals surface area contributed by atoms with E-state index < -0.39 is 0 Å². The van der Waals surface area contributed by atoms with Crippen molar-refractivity contribution in [3.63, 3.8) is 0 Å². The van der Waals surface area contributed by atoms with Gasteiger partial charge < -0.3 is 10.2 Å². The summed E-state index contributed by atoms with van der Waals surface area (Å²) in [5.41, 5.74) is 0. The fourth-order valence-corrected chi connectivity index (χ4v) is 3.17. The number of likely N-dealkylation sites (tertiary alicyclic amines) is 1. The predicted molar refractivity (Wildman–Crippen MR) is 78.9 cm³/mol. The van der Waals surface area contributed by atoms with Crippen LogP contribution in [0.15, 0.2) is 0 Å². The second-order valence-electron chi connectivity index (χ2n) is 6.39. The third kappa shape index (κ3) is 5.71. The first-order valence-corrected chi connectivity index (χ1v) is 8.34. The van der Waals surface area contributed by atoms with Gasteiger partial charge in [-0.15, -0.1) is 0 Å². The van der Waals surface area contributed by atoms with E-state index in [0.29, 0.717) is 0 Å². The summed E-state index contributed by atoms with van der Waals surface area (Å²) in [5.74, 6) is 1.01. The first-order valence-electron chi connectivity index (χ1n) is 8.34. The van der Waals surface area contributed by atoms with E-state index in [-0.39, 0.29) is 0 Å². The van der Waals surface area contributed by atoms with E-state index in [1.165, 1.54) is 84.0 Å². The number of nitrogens with one attached hydrogen (secondary N) is 1. The molecule has 0 amide bonds. The molecule has 1 saturated carbocycles. The van der Waals surface area contributed by atoms with Gasteiger partial charge in [0, 0.05) is 12.6 Å². The van der Waals surface area contributed by atoms with Crippen molar-refractivity contribution in [2.24, 2.45) is 5.92 Å². The second-order valence-corrected chi connectivity index (χ2v) is 6.39. The highest BCUT2D eigenvalue weighted by Gasteiger charge is 2.21. The fourth-order valence-electron chi connectivity index (χ4n) is 3.17. The number of rotatable bonds is 10. The van der Waals surface area contributed by atoms with Crippen molar-refractivity contribution in [3.8, 4) is 0 Å². The molecule has 2 aliphatic rings. The Kier molecular flexibility index (Phi) is 6.50. The van der Waals surface area contributed by atoms with Crippen LogP contribution in [0.4, 0.5) is 0 Å². The minimum Gasteiger partial charge on any atom is -0.314 e. The van der Waals surface area contributed by atoms with Crippen molar-refractivity contribution in [1.82, 2.24) is 10.2 Å². The van der Waals surface area contributed by atoms with Crippen molar-refractivity contribution in [2.45, 2.75) is 70.8 Å². The Morgan fingerprint density at radius 1 is 1.06 bits per heavy atom. The largest absolute Gasteiger partial charge is 0.314 e. The van der Waals surface area contributed by atoms with E-state index in [0.717, 1.165) is 12.0 Å². The minimum absolute atomic E-state index is 0.894.